The van der Waals surface area contributed by atoms with Crippen molar-refractivity contribution in [1.29, 1.82) is 0 Å². The minimum atomic E-state index is -0.230. The van der Waals surface area contributed by atoms with Crippen molar-refractivity contribution in [3.63, 3.8) is 0 Å². The minimum absolute atomic E-state index is 0.0421. The molecule has 0 amide bonds. The van der Waals surface area contributed by atoms with E-state index in [9.17, 15) is 9.90 Å². The summed E-state index contributed by atoms with van der Waals surface area (Å²) >= 11 is 7.29. The molecule has 0 unspecified atom stereocenters. The SMILES string of the molecule is CC(=O)c1cc(Cl)cc(CSc2nnnn2C)c1O. The van der Waals surface area contributed by atoms with E-state index in [4.69, 9.17) is 11.6 Å². The van der Waals surface area contributed by atoms with E-state index in [1.54, 1.807) is 13.1 Å². The van der Waals surface area contributed by atoms with Crippen molar-refractivity contribution in [1.82, 2.24) is 20.2 Å². The van der Waals surface area contributed by atoms with E-state index in [-0.39, 0.29) is 17.1 Å². The van der Waals surface area contributed by atoms with Gasteiger partial charge < -0.3 is 5.11 Å². The van der Waals surface area contributed by atoms with Crippen LogP contribution in [-0.4, -0.2) is 31.1 Å². The number of ketones is 1. The van der Waals surface area contributed by atoms with Gasteiger partial charge in [0.25, 0.3) is 0 Å². The number of rotatable bonds is 4. The molecule has 0 spiro atoms. The fourth-order valence-electron chi connectivity index (χ4n) is 1.52. The number of halogens is 1. The number of aryl methyl sites for hydroxylation is 1. The normalized spacial score (nSPS) is 10.7. The molecule has 1 aromatic carbocycles. The monoisotopic (exact) mass is 298 g/mol. The Bertz CT molecular complexity index is 629. The van der Waals surface area contributed by atoms with Gasteiger partial charge in [0, 0.05) is 23.4 Å². The van der Waals surface area contributed by atoms with E-state index in [2.05, 4.69) is 15.5 Å². The lowest BCUT2D eigenvalue weighted by atomic mass is 10.1. The molecule has 0 atom stereocenters. The first-order valence-electron chi connectivity index (χ1n) is 5.36. The number of benzene rings is 1. The van der Waals surface area contributed by atoms with Crippen LogP contribution in [0.4, 0.5) is 0 Å². The molecule has 0 saturated carbocycles. The molecule has 1 aromatic heterocycles. The molecule has 100 valence electrons. The highest BCUT2D eigenvalue weighted by molar-refractivity contribution is 7.98. The average molecular weight is 299 g/mol. The zero-order valence-electron chi connectivity index (χ0n) is 10.3. The number of nitrogens with zero attached hydrogens (tertiary/aromatic N) is 4. The quantitative estimate of drug-likeness (QED) is 0.687. The third-order valence-corrected chi connectivity index (χ3v) is 3.75. The van der Waals surface area contributed by atoms with Crippen LogP contribution in [0, 0.1) is 0 Å². The maximum Gasteiger partial charge on any atom is 0.209 e. The maximum absolute atomic E-state index is 11.4. The molecule has 0 aliphatic carbocycles. The second-order valence-electron chi connectivity index (χ2n) is 3.89. The molecular formula is C11H11ClN4O2S. The summed E-state index contributed by atoms with van der Waals surface area (Å²) in [6.07, 6.45) is 0. The number of tetrazole rings is 1. The van der Waals surface area contributed by atoms with E-state index in [1.165, 1.54) is 29.4 Å². The summed E-state index contributed by atoms with van der Waals surface area (Å²) in [6, 6.07) is 3.08. The van der Waals surface area contributed by atoms with E-state index >= 15 is 0 Å². The predicted molar refractivity (Wildman–Crippen MR) is 71.5 cm³/mol. The molecule has 2 rings (SSSR count). The third kappa shape index (κ3) is 3.05. The fraction of sp³-hybridized carbons (Fsp3) is 0.273. The Labute approximate surface area is 118 Å². The molecule has 2 aromatic rings. The number of hydrogen-bond donors (Lipinski definition) is 1. The van der Waals surface area contributed by atoms with Crippen LogP contribution in [0.15, 0.2) is 17.3 Å². The second kappa shape index (κ2) is 5.58. The molecule has 0 fully saturated rings. The van der Waals surface area contributed by atoms with Crippen molar-refractivity contribution < 1.29 is 9.90 Å². The standard InChI is InChI=1S/C11H11ClN4O2S/c1-6(17)9-4-8(12)3-7(10(9)18)5-19-11-13-14-15-16(11)2/h3-4,18H,5H2,1-2H3. The summed E-state index contributed by atoms with van der Waals surface area (Å²) in [7, 11) is 1.72. The summed E-state index contributed by atoms with van der Waals surface area (Å²) < 4.78 is 1.53. The molecule has 19 heavy (non-hydrogen) atoms. The van der Waals surface area contributed by atoms with Crippen LogP contribution in [0.3, 0.4) is 0 Å². The van der Waals surface area contributed by atoms with Gasteiger partial charge in [0.1, 0.15) is 5.75 Å². The Morgan fingerprint density at radius 1 is 1.53 bits per heavy atom. The Morgan fingerprint density at radius 2 is 2.26 bits per heavy atom. The van der Waals surface area contributed by atoms with E-state index in [0.717, 1.165) is 0 Å². The van der Waals surface area contributed by atoms with Crippen LogP contribution in [0.1, 0.15) is 22.8 Å². The lowest BCUT2D eigenvalue weighted by molar-refractivity contribution is 0.101. The Kier molecular flexibility index (Phi) is 4.06. The molecule has 8 heteroatoms. The number of hydrogen-bond acceptors (Lipinski definition) is 6. The lowest BCUT2D eigenvalue weighted by Crippen LogP contribution is -1.97. The molecule has 0 aliphatic rings. The van der Waals surface area contributed by atoms with Crippen molar-refractivity contribution in [3.05, 3.63) is 28.3 Å². The number of phenols is 1. The molecule has 0 aliphatic heterocycles. The highest BCUT2D eigenvalue weighted by Gasteiger charge is 2.14. The molecule has 6 nitrogen and oxygen atoms in total. The zero-order valence-corrected chi connectivity index (χ0v) is 11.9. The summed E-state index contributed by atoms with van der Waals surface area (Å²) in [5.74, 6) is 0.145. The molecule has 1 N–H and O–H groups in total. The highest BCUT2D eigenvalue weighted by Crippen LogP contribution is 2.31. The predicted octanol–water partition coefficient (Wildman–Crippen LogP) is 2.06. The van der Waals surface area contributed by atoms with Crippen molar-refractivity contribution in [2.45, 2.75) is 17.8 Å². The number of aromatic nitrogens is 4. The van der Waals surface area contributed by atoms with Gasteiger partial charge in [0.15, 0.2) is 5.78 Å². The summed E-state index contributed by atoms with van der Waals surface area (Å²) in [4.78, 5) is 11.4. The van der Waals surface area contributed by atoms with E-state index in [0.29, 0.717) is 21.5 Å². The Hall–Kier alpha value is -1.60. The minimum Gasteiger partial charge on any atom is -0.507 e. The number of thioether (sulfide) groups is 1. The zero-order chi connectivity index (χ0) is 14.0. The molecule has 1 heterocycles. The van der Waals surface area contributed by atoms with Gasteiger partial charge >= 0.3 is 0 Å². The molecule has 0 saturated heterocycles. The van der Waals surface area contributed by atoms with Crippen LogP contribution >= 0.6 is 23.4 Å². The average Bonchev–Trinajstić information content (AvgIpc) is 2.75. The first-order valence-corrected chi connectivity index (χ1v) is 6.73. The van der Waals surface area contributed by atoms with Gasteiger partial charge in [0.2, 0.25) is 5.16 Å². The number of aromatic hydroxyl groups is 1. The van der Waals surface area contributed by atoms with Crippen LogP contribution in [-0.2, 0) is 12.8 Å². The van der Waals surface area contributed by atoms with Crippen LogP contribution < -0.4 is 0 Å². The fourth-order valence-corrected chi connectivity index (χ4v) is 2.58. The van der Waals surface area contributed by atoms with Gasteiger partial charge in [-0.25, -0.2) is 4.68 Å². The van der Waals surface area contributed by atoms with Gasteiger partial charge in [0.05, 0.1) is 5.56 Å². The van der Waals surface area contributed by atoms with Gasteiger partial charge in [-0.1, -0.05) is 23.4 Å². The Morgan fingerprint density at radius 3 is 2.84 bits per heavy atom. The summed E-state index contributed by atoms with van der Waals surface area (Å²) in [5, 5.41) is 22.1. The van der Waals surface area contributed by atoms with Crippen molar-refractivity contribution in [2.75, 3.05) is 0 Å². The van der Waals surface area contributed by atoms with Gasteiger partial charge in [-0.05, 0) is 29.5 Å². The van der Waals surface area contributed by atoms with Crippen LogP contribution in [0.2, 0.25) is 5.02 Å². The third-order valence-electron chi connectivity index (χ3n) is 2.47. The smallest absolute Gasteiger partial charge is 0.209 e. The largest absolute Gasteiger partial charge is 0.507 e. The first-order chi connectivity index (χ1) is 8.99. The van der Waals surface area contributed by atoms with Crippen molar-refractivity contribution >= 4 is 29.1 Å². The summed E-state index contributed by atoms with van der Waals surface area (Å²) in [6.45, 7) is 1.38. The summed E-state index contributed by atoms with van der Waals surface area (Å²) in [5.41, 5.74) is 0.796. The topological polar surface area (TPSA) is 80.9 Å². The Balaban J connectivity index is 2.25. The van der Waals surface area contributed by atoms with Crippen LogP contribution in [0.5, 0.6) is 5.75 Å². The number of Topliss-reactive ketones (excluding diaryl/α,β-unsaturated/α-hetero) is 1. The van der Waals surface area contributed by atoms with E-state index < -0.39 is 0 Å². The second-order valence-corrected chi connectivity index (χ2v) is 5.27. The van der Waals surface area contributed by atoms with Gasteiger partial charge in [-0.3, -0.25) is 4.79 Å². The number of carbonyl (C=O) groups excluding carboxylic acids is 1. The number of carbonyl (C=O) groups is 1. The highest BCUT2D eigenvalue weighted by atomic mass is 35.5. The van der Waals surface area contributed by atoms with Gasteiger partial charge in [-0.2, -0.15) is 0 Å². The number of phenolic OH excluding ortho intramolecular Hbond substituents is 1. The van der Waals surface area contributed by atoms with Crippen LogP contribution in [0.25, 0.3) is 0 Å². The molecule has 0 bridgehead atoms. The van der Waals surface area contributed by atoms with Gasteiger partial charge in [-0.15, -0.1) is 5.10 Å². The molecule has 0 radical (unpaired) electrons. The van der Waals surface area contributed by atoms with Crippen molar-refractivity contribution in [2.24, 2.45) is 7.05 Å². The maximum atomic E-state index is 11.4. The van der Waals surface area contributed by atoms with E-state index in [1.807, 2.05) is 0 Å². The molecular weight excluding hydrogens is 288 g/mol. The first kappa shape index (κ1) is 13.8. The van der Waals surface area contributed by atoms with Crippen molar-refractivity contribution in [3.8, 4) is 5.75 Å². The lowest BCUT2D eigenvalue weighted by Gasteiger charge is -2.08.